The molecular weight excluding hydrogens is 284 g/mol. The first kappa shape index (κ1) is 12.7. The van der Waals surface area contributed by atoms with Gasteiger partial charge < -0.3 is 0 Å². The number of hydrogen-bond donors (Lipinski definition) is 0. The van der Waals surface area contributed by atoms with Crippen molar-refractivity contribution in [3.63, 3.8) is 0 Å². The third-order valence-electron chi connectivity index (χ3n) is 2.79. The molecule has 6 heteroatoms. The van der Waals surface area contributed by atoms with E-state index in [4.69, 9.17) is 34.8 Å². The molecule has 1 aromatic carbocycles. The van der Waals surface area contributed by atoms with E-state index in [-0.39, 0.29) is 33.3 Å². The van der Waals surface area contributed by atoms with Crippen molar-refractivity contribution < 1.29 is 9.59 Å². The van der Waals surface area contributed by atoms with Crippen LogP contribution in [0, 0.1) is 0 Å². The Morgan fingerprint density at radius 3 is 2.12 bits per heavy atom. The minimum Gasteiger partial charge on any atom is -0.285 e. The van der Waals surface area contributed by atoms with Crippen LogP contribution < -0.4 is 0 Å². The third-order valence-corrected chi connectivity index (χ3v) is 3.99. The number of rotatable bonds is 1. The van der Waals surface area contributed by atoms with Gasteiger partial charge in [-0.2, -0.15) is 0 Å². The third kappa shape index (κ3) is 2.15. The summed E-state index contributed by atoms with van der Waals surface area (Å²) in [5, 5.41) is 0.815. The first-order valence-electron chi connectivity index (χ1n) is 4.86. The maximum atomic E-state index is 11.8. The summed E-state index contributed by atoms with van der Waals surface area (Å²) in [5.41, 5.74) is 0.618. The van der Waals surface area contributed by atoms with Gasteiger partial charge in [-0.25, -0.2) is 0 Å². The van der Waals surface area contributed by atoms with Crippen molar-refractivity contribution in [2.75, 3.05) is 7.05 Å². The first-order valence-corrected chi connectivity index (χ1v) is 6.00. The fourth-order valence-electron chi connectivity index (χ4n) is 1.79. The highest BCUT2D eigenvalue weighted by atomic mass is 35.5. The lowest BCUT2D eigenvalue weighted by molar-refractivity contribution is -0.137. The van der Waals surface area contributed by atoms with Crippen LogP contribution in [-0.2, 0) is 9.59 Å². The van der Waals surface area contributed by atoms with Crippen molar-refractivity contribution in [3.8, 4) is 0 Å². The number of likely N-dealkylation sites (tertiary alicyclic amines) is 1. The van der Waals surface area contributed by atoms with Crippen LogP contribution in [-0.4, -0.2) is 23.8 Å². The fraction of sp³-hybridized carbons (Fsp3) is 0.273. The highest BCUT2D eigenvalue weighted by molar-refractivity contribution is 6.48. The molecule has 2 rings (SSSR count). The summed E-state index contributed by atoms with van der Waals surface area (Å²) in [6, 6.07) is 3.15. The quantitative estimate of drug-likeness (QED) is 0.589. The summed E-state index contributed by atoms with van der Waals surface area (Å²) < 4.78 is 0. The summed E-state index contributed by atoms with van der Waals surface area (Å²) in [5.74, 6) is -0.966. The maximum Gasteiger partial charge on any atom is 0.236 e. The molecule has 1 saturated heterocycles. The van der Waals surface area contributed by atoms with E-state index in [1.807, 2.05) is 0 Å². The number of hydrogen-bond acceptors (Lipinski definition) is 2. The number of benzene rings is 1. The smallest absolute Gasteiger partial charge is 0.236 e. The number of nitrogens with zero attached hydrogens (tertiary/aromatic N) is 1. The van der Waals surface area contributed by atoms with E-state index in [0.717, 1.165) is 4.90 Å². The average molecular weight is 293 g/mol. The minimum atomic E-state index is -0.514. The van der Waals surface area contributed by atoms with Gasteiger partial charge in [-0.15, -0.1) is 0 Å². The van der Waals surface area contributed by atoms with E-state index in [0.29, 0.717) is 5.56 Å². The van der Waals surface area contributed by atoms with Crippen molar-refractivity contribution >= 4 is 46.6 Å². The van der Waals surface area contributed by atoms with Gasteiger partial charge in [0.25, 0.3) is 0 Å². The number of imide groups is 1. The van der Waals surface area contributed by atoms with Gasteiger partial charge in [-0.3, -0.25) is 14.5 Å². The largest absolute Gasteiger partial charge is 0.285 e. The molecule has 0 saturated carbocycles. The van der Waals surface area contributed by atoms with Crippen molar-refractivity contribution in [2.24, 2.45) is 0 Å². The lowest BCUT2D eigenvalue weighted by atomic mass is 9.98. The second kappa shape index (κ2) is 4.48. The summed E-state index contributed by atoms with van der Waals surface area (Å²) in [6.07, 6.45) is 0.142. The van der Waals surface area contributed by atoms with Crippen LogP contribution in [0.5, 0.6) is 0 Å². The summed E-state index contributed by atoms with van der Waals surface area (Å²) >= 11 is 17.6. The monoisotopic (exact) mass is 291 g/mol. The second-order valence-corrected chi connectivity index (χ2v) is 5.04. The number of carbonyl (C=O) groups excluding carboxylic acids is 2. The van der Waals surface area contributed by atoms with Crippen LogP contribution in [0.25, 0.3) is 0 Å². The number of likely N-dealkylation sites (N-methyl/N-ethyl adjacent to an activating group) is 1. The van der Waals surface area contributed by atoms with E-state index >= 15 is 0 Å². The molecule has 0 aromatic heterocycles. The maximum absolute atomic E-state index is 11.8. The Balaban J connectivity index is 2.43. The van der Waals surface area contributed by atoms with Gasteiger partial charge in [-0.1, -0.05) is 34.8 Å². The molecule has 1 unspecified atom stereocenters. The Morgan fingerprint density at radius 1 is 1.18 bits per heavy atom. The van der Waals surface area contributed by atoms with Crippen molar-refractivity contribution in [1.82, 2.24) is 4.90 Å². The molecule has 1 heterocycles. The Labute approximate surface area is 113 Å². The Kier molecular flexibility index (Phi) is 3.34. The number of halogens is 3. The molecule has 90 valence electrons. The van der Waals surface area contributed by atoms with E-state index in [1.165, 1.54) is 7.05 Å². The zero-order chi connectivity index (χ0) is 12.7. The SMILES string of the molecule is CN1C(=O)CC(c2cc(Cl)c(Cl)c(Cl)c2)C1=O. The normalized spacial score (nSPS) is 20.2. The molecular formula is C11H8Cl3NO2. The lowest BCUT2D eigenvalue weighted by Gasteiger charge is -2.11. The molecule has 0 spiro atoms. The summed E-state index contributed by atoms with van der Waals surface area (Å²) in [7, 11) is 1.46. The van der Waals surface area contributed by atoms with Gasteiger partial charge in [0, 0.05) is 13.5 Å². The van der Waals surface area contributed by atoms with E-state index < -0.39 is 5.92 Å². The standard InChI is InChI=1S/C11H8Cl3NO2/c1-15-9(16)4-6(11(15)17)5-2-7(12)10(14)8(13)3-5/h2-3,6H,4H2,1H3. The predicted molar refractivity (Wildman–Crippen MR) is 66.6 cm³/mol. The molecule has 0 N–H and O–H groups in total. The van der Waals surface area contributed by atoms with Gasteiger partial charge in [0.2, 0.25) is 11.8 Å². The zero-order valence-electron chi connectivity index (χ0n) is 8.84. The van der Waals surface area contributed by atoms with Crippen LogP contribution in [0.2, 0.25) is 15.1 Å². The molecule has 3 nitrogen and oxygen atoms in total. The van der Waals surface area contributed by atoms with Crippen LogP contribution >= 0.6 is 34.8 Å². The zero-order valence-corrected chi connectivity index (χ0v) is 11.1. The molecule has 0 radical (unpaired) electrons. The Hall–Kier alpha value is -0.770. The van der Waals surface area contributed by atoms with Crippen LogP contribution in [0.3, 0.4) is 0 Å². The Morgan fingerprint density at radius 2 is 1.71 bits per heavy atom. The lowest BCUT2D eigenvalue weighted by Crippen LogP contribution is -2.25. The highest BCUT2D eigenvalue weighted by Gasteiger charge is 2.37. The topological polar surface area (TPSA) is 37.4 Å². The van der Waals surface area contributed by atoms with E-state index in [1.54, 1.807) is 12.1 Å². The number of carbonyl (C=O) groups is 2. The van der Waals surface area contributed by atoms with Crippen molar-refractivity contribution in [1.29, 1.82) is 0 Å². The average Bonchev–Trinajstić information content (AvgIpc) is 2.53. The molecule has 0 bridgehead atoms. The van der Waals surface area contributed by atoms with Crippen molar-refractivity contribution in [2.45, 2.75) is 12.3 Å². The molecule has 1 aromatic rings. The molecule has 1 aliphatic rings. The van der Waals surface area contributed by atoms with Gasteiger partial charge in [0.15, 0.2) is 0 Å². The van der Waals surface area contributed by atoms with E-state index in [9.17, 15) is 9.59 Å². The fourth-order valence-corrected chi connectivity index (χ4v) is 2.41. The molecule has 0 aliphatic carbocycles. The minimum absolute atomic E-state index is 0.142. The summed E-state index contributed by atoms with van der Waals surface area (Å²) in [4.78, 5) is 24.3. The van der Waals surface area contributed by atoms with Crippen molar-refractivity contribution in [3.05, 3.63) is 32.8 Å². The summed E-state index contributed by atoms with van der Waals surface area (Å²) in [6.45, 7) is 0. The molecule has 1 aliphatic heterocycles. The first-order chi connectivity index (χ1) is 7.91. The van der Waals surface area contributed by atoms with Crippen LogP contribution in [0.1, 0.15) is 17.9 Å². The molecule has 1 fully saturated rings. The van der Waals surface area contributed by atoms with Gasteiger partial charge in [0.1, 0.15) is 0 Å². The van der Waals surface area contributed by atoms with Gasteiger partial charge >= 0.3 is 0 Å². The molecule has 2 amide bonds. The predicted octanol–water partition coefficient (Wildman–Crippen LogP) is 3.12. The number of amides is 2. The van der Waals surface area contributed by atoms with Crippen LogP contribution in [0.4, 0.5) is 0 Å². The highest BCUT2D eigenvalue weighted by Crippen LogP contribution is 2.36. The van der Waals surface area contributed by atoms with Gasteiger partial charge in [0.05, 0.1) is 21.0 Å². The molecule has 1 atom stereocenters. The van der Waals surface area contributed by atoms with E-state index in [2.05, 4.69) is 0 Å². The van der Waals surface area contributed by atoms with Crippen LogP contribution in [0.15, 0.2) is 12.1 Å². The van der Waals surface area contributed by atoms with Gasteiger partial charge in [-0.05, 0) is 17.7 Å². The second-order valence-electron chi connectivity index (χ2n) is 3.85. The molecule has 17 heavy (non-hydrogen) atoms. The Bertz CT molecular complexity index is 492.